The van der Waals surface area contributed by atoms with Gasteiger partial charge < -0.3 is 9.64 Å². The Morgan fingerprint density at radius 2 is 2.06 bits per heavy atom. The van der Waals surface area contributed by atoms with Crippen LogP contribution in [-0.2, 0) is 24.3 Å². The molecule has 1 aliphatic heterocycles. The van der Waals surface area contributed by atoms with Gasteiger partial charge in [0, 0.05) is 43.1 Å². The highest BCUT2D eigenvalue weighted by Crippen LogP contribution is 2.35. The van der Waals surface area contributed by atoms with E-state index in [1.807, 2.05) is 55.8 Å². The molecule has 2 heterocycles. The molecule has 0 unspecified atom stereocenters. The Kier molecular flexibility index (Phi) is 5.93. The van der Waals surface area contributed by atoms with Gasteiger partial charge in [-0.25, -0.2) is 4.68 Å². The van der Waals surface area contributed by atoms with E-state index in [9.17, 15) is 4.79 Å². The number of benzene rings is 1. The van der Waals surface area contributed by atoms with Gasteiger partial charge in [-0.05, 0) is 25.0 Å². The van der Waals surface area contributed by atoms with Crippen LogP contribution in [0.25, 0.3) is 5.69 Å². The summed E-state index contributed by atoms with van der Waals surface area (Å²) in [5, 5.41) is 5.07. The first-order chi connectivity index (χ1) is 14.8. The number of rotatable bonds is 7. The highest BCUT2D eigenvalue weighted by atomic mass is 16.5. The molecule has 0 N–H and O–H groups in total. The first kappa shape index (κ1) is 21.6. The fourth-order valence-electron chi connectivity index (χ4n) is 4.36. The summed E-state index contributed by atoms with van der Waals surface area (Å²) in [5.41, 5.74) is 4.01. The Hall–Kier alpha value is -2.60. The summed E-state index contributed by atoms with van der Waals surface area (Å²) < 4.78 is 7.67. The van der Waals surface area contributed by atoms with Gasteiger partial charge in [-0.3, -0.25) is 9.69 Å². The Bertz CT molecular complexity index is 968. The number of hydrogen-bond donors (Lipinski definition) is 0. The van der Waals surface area contributed by atoms with Gasteiger partial charge in [-0.2, -0.15) is 5.10 Å². The van der Waals surface area contributed by atoms with Gasteiger partial charge in [0.25, 0.3) is 0 Å². The molecule has 166 valence electrons. The minimum atomic E-state index is -0.400. The summed E-state index contributed by atoms with van der Waals surface area (Å²) in [6.07, 6.45) is 5.03. The van der Waals surface area contributed by atoms with Gasteiger partial charge >= 0.3 is 0 Å². The van der Waals surface area contributed by atoms with E-state index in [2.05, 4.69) is 16.4 Å². The van der Waals surface area contributed by atoms with Crippen molar-refractivity contribution in [2.75, 3.05) is 20.2 Å². The van der Waals surface area contributed by atoms with Crippen LogP contribution in [0.3, 0.4) is 0 Å². The maximum Gasteiger partial charge on any atom is 0.228 e. The third-order valence-electron chi connectivity index (χ3n) is 6.13. The lowest BCUT2D eigenvalue weighted by molar-refractivity contribution is -0.140. The molecule has 0 spiro atoms. The number of para-hydroxylation sites is 2. The number of amides is 1. The molecule has 0 bridgehead atoms. The molecule has 4 rings (SSSR count). The number of ether oxygens (including phenoxy) is 1. The van der Waals surface area contributed by atoms with Gasteiger partial charge in [0.2, 0.25) is 5.91 Å². The normalized spacial score (nSPS) is 16.6. The SMILES string of the molecule is C=CCN1CCc2c(c(CN(C(=O)C(C)(C)C)C3CC3)nn2-c2ccccc2OC)C1. The number of hydrogen-bond acceptors (Lipinski definition) is 4. The third-order valence-corrected chi connectivity index (χ3v) is 6.13. The first-order valence-electron chi connectivity index (χ1n) is 11.2. The van der Waals surface area contributed by atoms with Crippen LogP contribution in [0.2, 0.25) is 0 Å². The summed E-state index contributed by atoms with van der Waals surface area (Å²) in [7, 11) is 1.69. The fourth-order valence-corrected chi connectivity index (χ4v) is 4.36. The Labute approximate surface area is 185 Å². The molecular formula is C25H34N4O2. The summed E-state index contributed by atoms with van der Waals surface area (Å²) in [6.45, 7) is 13.1. The standard InChI is InChI=1S/C25H34N4O2/c1-6-14-27-15-13-21-19(16-27)20(17-28(18-11-12-18)24(30)25(2,3)4)26-29(21)22-9-7-8-10-23(22)31-5/h6-10,18H,1,11-17H2,2-5H3. The predicted molar refractivity (Wildman–Crippen MR) is 122 cm³/mol. The van der Waals surface area contributed by atoms with Crippen LogP contribution in [0.15, 0.2) is 36.9 Å². The van der Waals surface area contributed by atoms with Crippen molar-refractivity contribution in [3.8, 4) is 11.4 Å². The molecule has 0 radical (unpaired) electrons. The Morgan fingerprint density at radius 1 is 1.32 bits per heavy atom. The van der Waals surface area contributed by atoms with Crippen LogP contribution >= 0.6 is 0 Å². The average molecular weight is 423 g/mol. The van der Waals surface area contributed by atoms with Crippen LogP contribution in [0, 0.1) is 5.41 Å². The molecule has 31 heavy (non-hydrogen) atoms. The molecule has 1 aromatic carbocycles. The fraction of sp³-hybridized carbons (Fsp3) is 0.520. The number of carbonyl (C=O) groups excluding carboxylic acids is 1. The van der Waals surface area contributed by atoms with E-state index in [1.54, 1.807) is 7.11 Å². The monoisotopic (exact) mass is 422 g/mol. The molecular weight excluding hydrogens is 388 g/mol. The van der Waals surface area contributed by atoms with Crippen molar-refractivity contribution >= 4 is 5.91 Å². The predicted octanol–water partition coefficient (Wildman–Crippen LogP) is 3.96. The summed E-state index contributed by atoms with van der Waals surface area (Å²) in [4.78, 5) is 17.7. The quantitative estimate of drug-likeness (QED) is 0.634. The zero-order chi connectivity index (χ0) is 22.2. The highest BCUT2D eigenvalue weighted by molar-refractivity contribution is 5.82. The lowest BCUT2D eigenvalue weighted by Gasteiger charge is -2.30. The first-order valence-corrected chi connectivity index (χ1v) is 11.2. The number of methoxy groups -OCH3 is 1. The van der Waals surface area contributed by atoms with Gasteiger partial charge in [0.1, 0.15) is 11.4 Å². The second-order valence-corrected chi connectivity index (χ2v) is 9.64. The van der Waals surface area contributed by atoms with E-state index in [0.29, 0.717) is 12.6 Å². The Morgan fingerprint density at radius 3 is 2.71 bits per heavy atom. The minimum Gasteiger partial charge on any atom is -0.494 e. The van der Waals surface area contributed by atoms with Gasteiger partial charge in [-0.1, -0.05) is 39.0 Å². The maximum atomic E-state index is 13.2. The lowest BCUT2D eigenvalue weighted by atomic mass is 9.94. The average Bonchev–Trinajstić information content (AvgIpc) is 3.53. The summed E-state index contributed by atoms with van der Waals surface area (Å²) in [5.74, 6) is 1.01. The van der Waals surface area contributed by atoms with Gasteiger partial charge in [0.05, 0.1) is 25.0 Å². The number of aromatic nitrogens is 2. The number of fused-ring (bicyclic) bond motifs is 1. The van der Waals surface area contributed by atoms with E-state index in [0.717, 1.165) is 56.0 Å². The molecule has 6 nitrogen and oxygen atoms in total. The van der Waals surface area contributed by atoms with Crippen molar-refractivity contribution in [3.63, 3.8) is 0 Å². The second-order valence-electron chi connectivity index (χ2n) is 9.64. The molecule has 2 aliphatic rings. The minimum absolute atomic E-state index is 0.203. The van der Waals surface area contributed by atoms with Crippen molar-refractivity contribution in [1.82, 2.24) is 19.6 Å². The molecule has 1 saturated carbocycles. The van der Waals surface area contributed by atoms with Crippen LogP contribution < -0.4 is 4.74 Å². The number of nitrogens with zero attached hydrogens (tertiary/aromatic N) is 4. The van der Waals surface area contributed by atoms with Crippen molar-refractivity contribution in [1.29, 1.82) is 0 Å². The zero-order valence-electron chi connectivity index (χ0n) is 19.2. The number of carbonyl (C=O) groups is 1. The van der Waals surface area contributed by atoms with Crippen LogP contribution in [0.5, 0.6) is 5.75 Å². The van der Waals surface area contributed by atoms with Crippen molar-refractivity contribution in [2.24, 2.45) is 5.41 Å². The zero-order valence-corrected chi connectivity index (χ0v) is 19.2. The largest absolute Gasteiger partial charge is 0.494 e. The molecule has 0 saturated heterocycles. The van der Waals surface area contributed by atoms with Gasteiger partial charge in [-0.15, -0.1) is 6.58 Å². The molecule has 6 heteroatoms. The van der Waals surface area contributed by atoms with Crippen molar-refractivity contribution in [3.05, 3.63) is 53.9 Å². The molecule has 1 amide bonds. The molecule has 2 aromatic rings. The van der Waals surface area contributed by atoms with E-state index < -0.39 is 5.41 Å². The highest BCUT2D eigenvalue weighted by Gasteiger charge is 2.39. The van der Waals surface area contributed by atoms with E-state index in [-0.39, 0.29) is 5.91 Å². The maximum absolute atomic E-state index is 13.2. The van der Waals surface area contributed by atoms with E-state index in [4.69, 9.17) is 9.84 Å². The van der Waals surface area contributed by atoms with Crippen LogP contribution in [0.1, 0.15) is 50.6 Å². The Balaban J connectivity index is 1.76. The van der Waals surface area contributed by atoms with Crippen LogP contribution in [-0.4, -0.2) is 51.7 Å². The molecule has 1 aromatic heterocycles. The lowest BCUT2D eigenvalue weighted by Crippen LogP contribution is -2.41. The topological polar surface area (TPSA) is 50.6 Å². The molecule has 0 atom stereocenters. The summed E-state index contributed by atoms with van der Waals surface area (Å²) >= 11 is 0. The third kappa shape index (κ3) is 4.40. The van der Waals surface area contributed by atoms with Crippen LogP contribution in [0.4, 0.5) is 0 Å². The van der Waals surface area contributed by atoms with E-state index >= 15 is 0 Å². The van der Waals surface area contributed by atoms with E-state index in [1.165, 1.54) is 11.3 Å². The van der Waals surface area contributed by atoms with Crippen molar-refractivity contribution < 1.29 is 9.53 Å². The van der Waals surface area contributed by atoms with Crippen molar-refractivity contribution in [2.45, 2.75) is 59.2 Å². The second kappa shape index (κ2) is 8.50. The molecule has 1 aliphatic carbocycles. The molecule has 1 fully saturated rings. The smallest absolute Gasteiger partial charge is 0.228 e. The van der Waals surface area contributed by atoms with Gasteiger partial charge in [0.15, 0.2) is 0 Å². The summed E-state index contributed by atoms with van der Waals surface area (Å²) in [6, 6.07) is 8.34.